The molecule has 5 aromatic rings. The Morgan fingerprint density at radius 2 is 1.29 bits per heavy atom. The van der Waals surface area contributed by atoms with Gasteiger partial charge in [0.15, 0.2) is 17.3 Å². The lowest BCUT2D eigenvalue weighted by atomic mass is 10.0. The van der Waals surface area contributed by atoms with E-state index in [1.807, 2.05) is 19.9 Å². The van der Waals surface area contributed by atoms with Gasteiger partial charge < -0.3 is 52.9 Å². The lowest BCUT2D eigenvalue weighted by molar-refractivity contribution is 0.0556. The number of rotatable bonds is 5. The number of anilines is 4. The molecule has 25 heteroatoms. The van der Waals surface area contributed by atoms with Gasteiger partial charge in [-0.25, -0.2) is 24.4 Å². The highest BCUT2D eigenvalue weighted by Gasteiger charge is 2.21. The van der Waals surface area contributed by atoms with Gasteiger partial charge in [0.2, 0.25) is 11.9 Å². The summed E-state index contributed by atoms with van der Waals surface area (Å²) in [6.07, 6.45) is 1.25. The lowest BCUT2D eigenvalue weighted by Gasteiger charge is -2.16. The minimum atomic E-state index is -0.659. The van der Waals surface area contributed by atoms with Gasteiger partial charge in [0, 0.05) is 24.5 Å². The van der Waals surface area contributed by atoms with Gasteiger partial charge in [0.1, 0.15) is 5.82 Å². The van der Waals surface area contributed by atoms with Gasteiger partial charge in [-0.15, -0.1) is 12.4 Å². The Morgan fingerprint density at radius 1 is 0.823 bits per heavy atom. The van der Waals surface area contributed by atoms with Crippen LogP contribution in [0.4, 0.5) is 23.4 Å². The average molecular weight is 908 g/mol. The van der Waals surface area contributed by atoms with Gasteiger partial charge in [-0.05, 0) is 55.8 Å². The number of nitriles is 1. The lowest BCUT2D eigenvalue weighted by Crippen LogP contribution is -2.21. The van der Waals surface area contributed by atoms with Crippen LogP contribution in [-0.4, -0.2) is 90.0 Å². The van der Waals surface area contributed by atoms with Crippen LogP contribution in [0.5, 0.6) is 0 Å². The number of nitrogens with zero attached hydrogens (tertiary/aromatic N) is 4. The van der Waals surface area contributed by atoms with Crippen LogP contribution in [0.2, 0.25) is 0 Å². The highest BCUT2D eigenvalue weighted by atomic mass is 35.5. The van der Waals surface area contributed by atoms with E-state index in [1.165, 1.54) is 45.7 Å². The Bertz CT molecular complexity index is 2340. The zero-order chi connectivity index (χ0) is 45.9. The van der Waals surface area contributed by atoms with Crippen LogP contribution >= 0.6 is 24.0 Å². The molecule has 0 aliphatic carbocycles. The molecule has 17 N–H and O–H groups in total. The number of amidine groups is 1. The summed E-state index contributed by atoms with van der Waals surface area (Å²) in [6, 6.07) is 14.7. The number of ketones is 1. The second-order valence-electron chi connectivity index (χ2n) is 10.6. The van der Waals surface area contributed by atoms with E-state index < -0.39 is 23.5 Å². The third-order valence-electron chi connectivity index (χ3n) is 6.91. The van der Waals surface area contributed by atoms with Crippen LogP contribution in [-0.2, 0) is 18.9 Å². The Morgan fingerprint density at radius 3 is 1.79 bits per heavy atom. The summed E-state index contributed by atoms with van der Waals surface area (Å²) in [5.41, 5.74) is 26.9. The fraction of sp³-hybridized carbons (Fsp3) is 0.243. The number of aromatic nitrogens is 4. The molecule has 0 radical (unpaired) electrons. The molecule has 338 valence electrons. The average Bonchev–Trinajstić information content (AvgIpc) is 3.22. The molecule has 1 aliphatic rings. The fourth-order valence-electron chi connectivity index (χ4n) is 4.69. The van der Waals surface area contributed by atoms with E-state index in [4.69, 9.17) is 32.6 Å². The second-order valence-corrected chi connectivity index (χ2v) is 11.0. The molecule has 0 saturated carbocycles. The number of ether oxygens (including phenoxy) is 4. The number of hydrazine groups is 1. The van der Waals surface area contributed by atoms with Crippen molar-refractivity contribution < 1.29 is 38.1 Å². The number of nitrogen functional groups attached to an aromatic ring is 3. The summed E-state index contributed by atoms with van der Waals surface area (Å²) in [7, 11) is 3.70. The first-order chi connectivity index (χ1) is 28.6. The number of methoxy groups -OCH3 is 3. The van der Waals surface area contributed by atoms with Crippen LogP contribution in [0.25, 0.3) is 21.8 Å². The van der Waals surface area contributed by atoms with Crippen molar-refractivity contribution in [2.75, 3.05) is 63.6 Å². The van der Waals surface area contributed by atoms with Crippen LogP contribution in [0.3, 0.4) is 0 Å². The fourth-order valence-corrected chi connectivity index (χ4v) is 4.69. The predicted molar refractivity (Wildman–Crippen MR) is 241 cm³/mol. The van der Waals surface area contributed by atoms with Crippen molar-refractivity contribution in [1.82, 2.24) is 19.9 Å². The molecule has 62 heavy (non-hydrogen) atoms. The molecule has 2 aromatic heterocycles. The first-order valence-corrected chi connectivity index (χ1v) is 17.2. The number of Topliss-reactive ketones (excluding diaryl/α,β-unsaturated/α-hetero) is 1. The maximum absolute atomic E-state index is 11.7. The van der Waals surface area contributed by atoms with Gasteiger partial charge >= 0.3 is 17.9 Å². The van der Waals surface area contributed by atoms with Gasteiger partial charge in [-0.1, -0.05) is 31.7 Å². The van der Waals surface area contributed by atoms with E-state index in [0.717, 1.165) is 18.6 Å². The third kappa shape index (κ3) is 18.3. The molecule has 0 fully saturated rings. The summed E-state index contributed by atoms with van der Waals surface area (Å²) in [6.45, 7) is 5.93. The first-order valence-electron chi connectivity index (χ1n) is 16.8. The van der Waals surface area contributed by atoms with E-state index in [-0.39, 0.29) is 77.1 Å². The molecule has 0 spiro atoms. The van der Waals surface area contributed by atoms with E-state index in [0.29, 0.717) is 22.4 Å². The van der Waals surface area contributed by atoms with Gasteiger partial charge in [0.05, 0.1) is 66.4 Å². The van der Waals surface area contributed by atoms with Crippen LogP contribution in [0.1, 0.15) is 62.7 Å². The SMILES string of the molecule is C.CCOCC.COC(=O)c1cccc(N)c1C(=O)OC.COC(=O)c1cccc2nc(N)[nH]c(=O)c12.Cl.N#CN.N=C(N)Cl.NN.Nc1nc2c3c(cccc3n1)C(=O)CN2. The maximum atomic E-state index is 11.7. The number of H-pyrrole nitrogens is 1. The Balaban J connectivity index is -0.000000721. The number of hydrogen-bond acceptors (Lipinski definition) is 21. The molecule has 0 unspecified atom stereocenters. The number of hydrogen-bond donors (Lipinski definition) is 10. The van der Waals surface area contributed by atoms with E-state index in [2.05, 4.69) is 74.2 Å². The number of fused-ring (bicyclic) bond motifs is 1. The maximum Gasteiger partial charge on any atom is 0.340 e. The van der Waals surface area contributed by atoms with Crippen molar-refractivity contribution in [1.29, 1.82) is 10.7 Å². The molecular formula is C37H52Cl2N14O9. The molecular weight excluding hydrogens is 855 g/mol. The normalized spacial score (nSPS) is 9.63. The van der Waals surface area contributed by atoms with Crippen molar-refractivity contribution in [3.8, 4) is 6.19 Å². The quantitative estimate of drug-likeness (QED) is 0.0116. The number of nitrogens with two attached hydrogens (primary N) is 7. The molecule has 3 heterocycles. The number of halogens is 2. The number of carbonyl (C=O) groups is 4. The smallest absolute Gasteiger partial charge is 0.340 e. The molecule has 0 atom stereocenters. The van der Waals surface area contributed by atoms with Crippen molar-refractivity contribution >= 4 is 98.2 Å². The van der Waals surface area contributed by atoms with Crippen molar-refractivity contribution in [3.05, 3.63) is 87.2 Å². The van der Waals surface area contributed by atoms with Gasteiger partial charge in [-0.2, -0.15) is 10.2 Å². The summed E-state index contributed by atoms with van der Waals surface area (Å²) < 4.78 is 18.5. The highest BCUT2D eigenvalue weighted by molar-refractivity contribution is 6.63. The number of benzene rings is 3. The molecule has 0 saturated heterocycles. The highest BCUT2D eigenvalue weighted by Crippen LogP contribution is 2.28. The molecule has 1 aliphatic heterocycles. The molecule has 23 nitrogen and oxygen atoms in total. The molecule has 0 bridgehead atoms. The monoisotopic (exact) mass is 906 g/mol. The zero-order valence-electron chi connectivity index (χ0n) is 33.6. The zero-order valence-corrected chi connectivity index (χ0v) is 35.2. The Kier molecular flexibility index (Phi) is 30.0. The van der Waals surface area contributed by atoms with Crippen LogP contribution < -0.4 is 51.2 Å². The number of carbonyl (C=O) groups excluding carboxylic acids is 4. The second kappa shape index (κ2) is 31.5. The van der Waals surface area contributed by atoms with Crippen molar-refractivity contribution in [2.45, 2.75) is 21.3 Å². The van der Waals surface area contributed by atoms with Crippen molar-refractivity contribution in [3.63, 3.8) is 0 Å². The molecule has 3 aromatic carbocycles. The summed E-state index contributed by atoms with van der Waals surface area (Å²) in [5, 5.41) is 16.7. The molecule has 6 rings (SSSR count). The number of esters is 3. The Labute approximate surface area is 367 Å². The third-order valence-corrected chi connectivity index (χ3v) is 6.91. The number of nitrogens with one attached hydrogen (secondary N) is 3. The van der Waals surface area contributed by atoms with Crippen LogP contribution in [0, 0.1) is 16.9 Å². The van der Waals surface area contributed by atoms with Crippen LogP contribution in [0.15, 0.2) is 59.4 Å². The standard InChI is InChI=1S/C10H8N4O.C10H9N3O3.C10H11NO4.C4H10O.CH3ClN2.CH2N2.CH4.ClH.H4N2/c11-10-13-6-3-1-2-5-7(15)4-12-9(14-10)8(5)6;1-16-9(15)5-3-2-4-6-7(5)8(14)13-10(11)12-6;1-14-9(12)6-4-3-5-7(11)8(6)10(13)15-2;1-3-5-4-2;2-1(3)4;2-1-3;;;1-2/h1-3H,4H2,(H3,11,12,13,14);2-4H,1H3,(H3,11,12,13,14);3-5H,11H2,1-2H3;3-4H2,1-2H3;(H3,3,4);2H2;1H4;1H;1-2H2. The first kappa shape index (κ1) is 59.0. The summed E-state index contributed by atoms with van der Waals surface area (Å²) >= 11 is 4.64. The van der Waals surface area contributed by atoms with Gasteiger partial charge in [0.25, 0.3) is 5.56 Å². The summed E-state index contributed by atoms with van der Waals surface area (Å²) in [5.74, 6) is 7.07. The van der Waals surface area contributed by atoms with Crippen molar-refractivity contribution in [2.24, 2.45) is 23.2 Å². The molecule has 0 amide bonds. The minimum absolute atomic E-state index is 0. The van der Waals surface area contributed by atoms with Gasteiger partial charge in [-0.3, -0.25) is 31.7 Å². The van der Waals surface area contributed by atoms with E-state index >= 15 is 0 Å². The minimum Gasteiger partial charge on any atom is -0.465 e. The topological polar surface area (TPSA) is 419 Å². The largest absolute Gasteiger partial charge is 0.465 e. The predicted octanol–water partition coefficient (Wildman–Crippen LogP) is 2.42. The summed E-state index contributed by atoms with van der Waals surface area (Å²) in [4.78, 5) is 71.8. The number of aromatic amines is 1. The van der Waals surface area contributed by atoms with E-state index in [1.54, 1.807) is 30.3 Å². The Hall–Kier alpha value is -7.36. The van der Waals surface area contributed by atoms with E-state index in [9.17, 15) is 24.0 Å².